The van der Waals surface area contributed by atoms with Crippen LogP contribution < -0.4 is 4.90 Å². The third-order valence-electron chi connectivity index (χ3n) is 11.9. The molecule has 272 valence electrons. The summed E-state index contributed by atoms with van der Waals surface area (Å²) in [6.45, 7) is 2.22. The topological polar surface area (TPSA) is 3.24 Å². The maximum Gasteiger partial charge on any atom is 0.0546 e. The van der Waals surface area contributed by atoms with E-state index < -0.39 is 0 Å². The minimum atomic E-state index is 1.12. The van der Waals surface area contributed by atoms with Crippen LogP contribution in [0.3, 0.4) is 0 Å². The van der Waals surface area contributed by atoms with E-state index in [0.29, 0.717) is 0 Å². The van der Waals surface area contributed by atoms with Crippen LogP contribution in [-0.4, -0.2) is 0 Å². The summed E-state index contributed by atoms with van der Waals surface area (Å²) < 4.78 is 0. The fraction of sp³-hybridized carbons (Fsp3) is 0.0175. The van der Waals surface area contributed by atoms with Crippen molar-refractivity contribution in [3.8, 4) is 33.4 Å². The number of benzene rings is 11. The van der Waals surface area contributed by atoms with E-state index in [1.54, 1.807) is 0 Å². The molecule has 1 nitrogen and oxygen atoms in total. The van der Waals surface area contributed by atoms with Gasteiger partial charge in [0.05, 0.1) is 5.69 Å². The van der Waals surface area contributed by atoms with Gasteiger partial charge in [-0.3, -0.25) is 0 Å². The highest BCUT2D eigenvalue weighted by atomic mass is 15.1. The second kappa shape index (κ2) is 13.9. The van der Waals surface area contributed by atoms with E-state index >= 15 is 0 Å². The molecule has 0 N–H and O–H groups in total. The Balaban J connectivity index is 1.29. The molecule has 0 radical (unpaired) electrons. The molecule has 0 aliphatic heterocycles. The third kappa shape index (κ3) is 5.47. The normalized spacial score (nSPS) is 11.5. The standard InChI is InChI=1S/C57H39N/c1-38-19-11-18-32-53(38)58(54-35-42-26-12-13-27-44(42)45-28-14-16-30-47(45)54)43-33-34-49-52(36-43)46-29-15-17-31-48(46)57-55(41-24-9-4-10-25-41)50(39-20-5-2-6-21-39)37-51(56(49)57)40-22-7-3-8-23-40/h2-37H,1H3. The summed E-state index contributed by atoms with van der Waals surface area (Å²) in [5.41, 5.74) is 12.0. The Kier molecular flexibility index (Phi) is 8.12. The Labute approximate surface area is 338 Å². The van der Waals surface area contributed by atoms with E-state index in [2.05, 4.69) is 230 Å². The average Bonchev–Trinajstić information content (AvgIpc) is 3.30. The summed E-state index contributed by atoms with van der Waals surface area (Å²) in [4.78, 5) is 2.48. The Morgan fingerprint density at radius 2 is 0.828 bits per heavy atom. The van der Waals surface area contributed by atoms with Gasteiger partial charge >= 0.3 is 0 Å². The first-order chi connectivity index (χ1) is 28.7. The maximum atomic E-state index is 2.48. The molecular formula is C57H39N. The second-order valence-corrected chi connectivity index (χ2v) is 15.3. The van der Waals surface area contributed by atoms with Crippen LogP contribution in [0.15, 0.2) is 218 Å². The first-order valence-corrected chi connectivity index (χ1v) is 20.1. The molecule has 0 saturated heterocycles. The molecule has 0 heterocycles. The van der Waals surface area contributed by atoms with E-state index in [4.69, 9.17) is 0 Å². The lowest BCUT2D eigenvalue weighted by atomic mass is 9.81. The number of aryl methyl sites for hydroxylation is 1. The number of rotatable bonds is 6. The highest BCUT2D eigenvalue weighted by Gasteiger charge is 2.24. The minimum absolute atomic E-state index is 1.12. The first kappa shape index (κ1) is 33.8. The van der Waals surface area contributed by atoms with Gasteiger partial charge in [0.1, 0.15) is 0 Å². The lowest BCUT2D eigenvalue weighted by molar-refractivity contribution is 1.27. The van der Waals surface area contributed by atoms with Gasteiger partial charge in [0.15, 0.2) is 0 Å². The van der Waals surface area contributed by atoms with E-state index in [-0.39, 0.29) is 0 Å². The molecule has 0 atom stereocenters. The Morgan fingerprint density at radius 1 is 0.310 bits per heavy atom. The first-order valence-electron chi connectivity index (χ1n) is 20.1. The van der Waals surface area contributed by atoms with Crippen molar-refractivity contribution in [2.45, 2.75) is 6.92 Å². The van der Waals surface area contributed by atoms with Crippen LogP contribution >= 0.6 is 0 Å². The molecule has 0 saturated carbocycles. The summed E-state index contributed by atoms with van der Waals surface area (Å²) in [5.74, 6) is 0. The Bertz CT molecular complexity index is 3330. The number of anilines is 3. The summed E-state index contributed by atoms with van der Waals surface area (Å²) in [6.07, 6.45) is 0. The summed E-state index contributed by atoms with van der Waals surface area (Å²) in [5, 5.41) is 12.5. The quantitative estimate of drug-likeness (QED) is 0.154. The van der Waals surface area contributed by atoms with Crippen LogP contribution in [0.5, 0.6) is 0 Å². The molecule has 11 aromatic rings. The summed E-state index contributed by atoms with van der Waals surface area (Å²) in [7, 11) is 0. The molecule has 11 aromatic carbocycles. The predicted octanol–water partition coefficient (Wildman–Crippen LogP) is 16.2. The van der Waals surface area contributed by atoms with Crippen molar-refractivity contribution in [1.82, 2.24) is 0 Å². The molecule has 58 heavy (non-hydrogen) atoms. The van der Waals surface area contributed by atoms with E-state index in [1.165, 1.54) is 92.8 Å². The zero-order chi connectivity index (χ0) is 38.6. The monoisotopic (exact) mass is 737 g/mol. The van der Waals surface area contributed by atoms with Crippen molar-refractivity contribution in [2.75, 3.05) is 4.90 Å². The molecule has 0 unspecified atom stereocenters. The van der Waals surface area contributed by atoms with Crippen molar-refractivity contribution in [1.29, 1.82) is 0 Å². The maximum absolute atomic E-state index is 2.48. The molecule has 0 aromatic heterocycles. The SMILES string of the molecule is Cc1ccccc1N(c1ccc2c(c1)c1ccccc1c1c(-c3ccccc3)c(-c3ccccc3)cc(-c3ccccc3)c21)c1cc2ccccc2c2ccccc12. The van der Waals surface area contributed by atoms with E-state index in [9.17, 15) is 0 Å². The van der Waals surface area contributed by atoms with Gasteiger partial charge in [-0.1, -0.05) is 188 Å². The molecule has 0 spiro atoms. The molecule has 0 amide bonds. The number of hydrogen-bond acceptors (Lipinski definition) is 1. The van der Waals surface area contributed by atoms with Gasteiger partial charge in [-0.25, -0.2) is 0 Å². The predicted molar refractivity (Wildman–Crippen MR) is 250 cm³/mol. The summed E-state index contributed by atoms with van der Waals surface area (Å²) >= 11 is 0. The largest absolute Gasteiger partial charge is 0.310 e. The molecule has 11 rings (SSSR count). The van der Waals surface area contributed by atoms with Gasteiger partial charge in [0, 0.05) is 16.8 Å². The fourth-order valence-corrected chi connectivity index (χ4v) is 9.32. The van der Waals surface area contributed by atoms with E-state index in [1.807, 2.05) is 0 Å². The zero-order valence-electron chi connectivity index (χ0n) is 32.2. The highest BCUT2D eigenvalue weighted by molar-refractivity contribution is 6.33. The van der Waals surface area contributed by atoms with Gasteiger partial charge in [0.25, 0.3) is 0 Å². The van der Waals surface area contributed by atoms with Crippen molar-refractivity contribution in [3.63, 3.8) is 0 Å². The van der Waals surface area contributed by atoms with Crippen molar-refractivity contribution >= 4 is 70.9 Å². The highest BCUT2D eigenvalue weighted by Crippen LogP contribution is 2.51. The molecule has 0 aliphatic rings. The Morgan fingerprint density at radius 3 is 1.52 bits per heavy atom. The van der Waals surface area contributed by atoms with Crippen LogP contribution in [0, 0.1) is 6.92 Å². The van der Waals surface area contributed by atoms with Gasteiger partial charge < -0.3 is 4.90 Å². The van der Waals surface area contributed by atoms with Gasteiger partial charge in [-0.15, -0.1) is 0 Å². The van der Waals surface area contributed by atoms with Crippen molar-refractivity contribution in [3.05, 3.63) is 224 Å². The molecule has 0 bridgehead atoms. The van der Waals surface area contributed by atoms with Crippen LogP contribution in [0.25, 0.3) is 87.2 Å². The molecule has 0 aliphatic carbocycles. The second-order valence-electron chi connectivity index (χ2n) is 15.3. The summed E-state index contributed by atoms with van der Waals surface area (Å²) in [6, 6.07) is 80.2. The van der Waals surface area contributed by atoms with E-state index in [0.717, 1.165) is 17.1 Å². The number of hydrogen-bond donors (Lipinski definition) is 0. The fourth-order valence-electron chi connectivity index (χ4n) is 9.32. The van der Waals surface area contributed by atoms with Crippen LogP contribution in [-0.2, 0) is 0 Å². The molecule has 1 heteroatoms. The van der Waals surface area contributed by atoms with Crippen molar-refractivity contribution < 1.29 is 0 Å². The van der Waals surface area contributed by atoms with Gasteiger partial charge in [-0.05, 0) is 125 Å². The zero-order valence-corrected chi connectivity index (χ0v) is 32.2. The third-order valence-corrected chi connectivity index (χ3v) is 11.9. The smallest absolute Gasteiger partial charge is 0.0546 e. The van der Waals surface area contributed by atoms with Crippen LogP contribution in [0.4, 0.5) is 17.1 Å². The molecule has 0 fully saturated rings. The number of para-hydroxylation sites is 1. The van der Waals surface area contributed by atoms with Crippen LogP contribution in [0.2, 0.25) is 0 Å². The number of fused-ring (bicyclic) bond motifs is 9. The van der Waals surface area contributed by atoms with Gasteiger partial charge in [-0.2, -0.15) is 0 Å². The van der Waals surface area contributed by atoms with Crippen molar-refractivity contribution in [2.24, 2.45) is 0 Å². The number of nitrogens with zero attached hydrogens (tertiary/aromatic N) is 1. The molecular weight excluding hydrogens is 699 g/mol. The van der Waals surface area contributed by atoms with Gasteiger partial charge in [0.2, 0.25) is 0 Å². The average molecular weight is 738 g/mol. The Hall–Kier alpha value is -7.48. The minimum Gasteiger partial charge on any atom is -0.310 e. The van der Waals surface area contributed by atoms with Crippen LogP contribution in [0.1, 0.15) is 5.56 Å². The lowest BCUT2D eigenvalue weighted by Gasteiger charge is -2.29. The lowest BCUT2D eigenvalue weighted by Crippen LogP contribution is -2.12.